The van der Waals surface area contributed by atoms with Gasteiger partial charge in [-0.3, -0.25) is 5.10 Å². The van der Waals surface area contributed by atoms with Crippen molar-refractivity contribution in [2.24, 2.45) is 0 Å². The van der Waals surface area contributed by atoms with Crippen LogP contribution in [0.5, 0.6) is 5.88 Å². The van der Waals surface area contributed by atoms with Crippen molar-refractivity contribution in [3.8, 4) is 5.88 Å². The minimum atomic E-state index is -0.0611. The number of nitrogens with one attached hydrogen (secondary N) is 2. The predicted molar refractivity (Wildman–Crippen MR) is 105 cm³/mol. The average molecular weight is 377 g/mol. The molecule has 4 heterocycles. The summed E-state index contributed by atoms with van der Waals surface area (Å²) in [7, 11) is 0. The number of pyridine rings is 2. The molecule has 0 radical (unpaired) electrons. The van der Waals surface area contributed by atoms with Gasteiger partial charge in [-0.1, -0.05) is 0 Å². The van der Waals surface area contributed by atoms with Crippen molar-refractivity contribution in [1.82, 2.24) is 20.2 Å². The molecule has 4 aromatic rings. The monoisotopic (exact) mass is 377 g/mol. The molecule has 3 aromatic heterocycles. The summed E-state index contributed by atoms with van der Waals surface area (Å²) >= 11 is 0. The van der Waals surface area contributed by atoms with Crippen molar-refractivity contribution in [1.29, 1.82) is 0 Å². The van der Waals surface area contributed by atoms with E-state index in [-0.39, 0.29) is 6.10 Å². The highest BCUT2D eigenvalue weighted by molar-refractivity contribution is 5.92. The van der Waals surface area contributed by atoms with Crippen molar-refractivity contribution in [3.05, 3.63) is 48.8 Å². The van der Waals surface area contributed by atoms with Crippen LogP contribution in [0.3, 0.4) is 0 Å². The first kappa shape index (κ1) is 16.9. The van der Waals surface area contributed by atoms with Crippen LogP contribution in [0.15, 0.2) is 48.8 Å². The highest BCUT2D eigenvalue weighted by atomic mass is 16.6. The quantitative estimate of drug-likeness (QED) is 0.552. The van der Waals surface area contributed by atoms with Gasteiger partial charge in [0.2, 0.25) is 5.88 Å². The van der Waals surface area contributed by atoms with Gasteiger partial charge >= 0.3 is 0 Å². The molecular weight excluding hydrogens is 358 g/mol. The maximum absolute atomic E-state index is 5.90. The summed E-state index contributed by atoms with van der Waals surface area (Å²) in [5.41, 5.74) is 1.61. The lowest BCUT2D eigenvalue weighted by molar-refractivity contribution is -0.101. The van der Waals surface area contributed by atoms with Crippen LogP contribution in [0.25, 0.3) is 21.8 Å². The molecule has 142 valence electrons. The number of H-pyrrole nitrogens is 1. The van der Waals surface area contributed by atoms with E-state index in [0.717, 1.165) is 27.7 Å². The van der Waals surface area contributed by atoms with Crippen LogP contribution in [0, 0.1) is 0 Å². The van der Waals surface area contributed by atoms with Gasteiger partial charge < -0.3 is 19.5 Å². The summed E-state index contributed by atoms with van der Waals surface area (Å²) in [4.78, 5) is 8.61. The van der Waals surface area contributed by atoms with E-state index in [1.807, 2.05) is 36.4 Å². The van der Waals surface area contributed by atoms with Crippen LogP contribution in [0.4, 0.5) is 11.5 Å². The van der Waals surface area contributed by atoms with Crippen LogP contribution in [0.1, 0.15) is 0 Å². The molecule has 2 N–H and O–H groups in total. The molecule has 1 atom stereocenters. The maximum Gasteiger partial charge on any atom is 0.221 e. The zero-order chi connectivity index (χ0) is 18.8. The Kier molecular flexibility index (Phi) is 4.48. The van der Waals surface area contributed by atoms with E-state index in [0.29, 0.717) is 38.0 Å². The number of hydrogen-bond acceptors (Lipinski definition) is 7. The normalized spacial score (nSPS) is 17.1. The van der Waals surface area contributed by atoms with Crippen LogP contribution in [0.2, 0.25) is 0 Å². The molecule has 8 nitrogen and oxygen atoms in total. The van der Waals surface area contributed by atoms with Gasteiger partial charge in [0.25, 0.3) is 0 Å². The van der Waals surface area contributed by atoms with Crippen molar-refractivity contribution in [3.63, 3.8) is 0 Å². The van der Waals surface area contributed by atoms with E-state index in [4.69, 9.17) is 14.2 Å². The Bertz CT molecular complexity index is 1110. The van der Waals surface area contributed by atoms with Crippen LogP contribution < -0.4 is 10.1 Å². The maximum atomic E-state index is 5.90. The Morgan fingerprint density at radius 1 is 1.11 bits per heavy atom. The molecule has 28 heavy (non-hydrogen) atoms. The van der Waals surface area contributed by atoms with Crippen molar-refractivity contribution < 1.29 is 14.2 Å². The van der Waals surface area contributed by atoms with Gasteiger partial charge in [0.15, 0.2) is 5.65 Å². The van der Waals surface area contributed by atoms with Crippen LogP contribution >= 0.6 is 0 Å². The van der Waals surface area contributed by atoms with Gasteiger partial charge in [-0.25, -0.2) is 9.97 Å². The number of fused-ring (bicyclic) bond motifs is 2. The molecule has 1 aliphatic rings. The van der Waals surface area contributed by atoms with Crippen LogP contribution in [-0.2, 0) is 9.47 Å². The highest BCUT2D eigenvalue weighted by Crippen LogP contribution is 2.29. The fraction of sp³-hybridized carbons (Fsp3) is 0.250. The summed E-state index contributed by atoms with van der Waals surface area (Å²) in [6, 6.07) is 11.9. The second-order valence-corrected chi connectivity index (χ2v) is 6.53. The smallest absolute Gasteiger partial charge is 0.221 e. The highest BCUT2D eigenvalue weighted by Gasteiger charge is 2.16. The Hall–Kier alpha value is -3.23. The molecular formula is C20H19N5O3. The third-order valence-corrected chi connectivity index (χ3v) is 4.62. The number of nitrogens with zero attached hydrogens (tertiary/aromatic N) is 3. The number of rotatable bonds is 5. The van der Waals surface area contributed by atoms with Crippen molar-refractivity contribution in [2.45, 2.75) is 6.10 Å². The van der Waals surface area contributed by atoms with E-state index < -0.39 is 0 Å². The fourth-order valence-corrected chi connectivity index (χ4v) is 3.24. The first-order valence-corrected chi connectivity index (χ1v) is 9.14. The molecule has 0 aliphatic carbocycles. The summed E-state index contributed by atoms with van der Waals surface area (Å²) in [6.07, 6.45) is 3.41. The number of aromatic nitrogens is 4. The summed E-state index contributed by atoms with van der Waals surface area (Å²) in [6.45, 7) is 2.20. The summed E-state index contributed by atoms with van der Waals surface area (Å²) in [5, 5.41) is 13.5. The standard InChI is InChI=1S/C20H19N5O3/c1-2-17-18(21-6-1)24-25-19(17)23-14-3-4-16-13(10-14)5-7-22-20(16)28-12-15-11-26-8-9-27-15/h1-7,10,15H,8-9,11-12H2,(H2,21,23,24,25). The lowest BCUT2D eigenvalue weighted by Gasteiger charge is -2.22. The number of anilines is 2. The molecule has 5 rings (SSSR count). The number of hydrogen-bond donors (Lipinski definition) is 2. The fourth-order valence-electron chi connectivity index (χ4n) is 3.24. The number of aromatic amines is 1. The van der Waals surface area contributed by atoms with Gasteiger partial charge in [-0.2, -0.15) is 5.10 Å². The second-order valence-electron chi connectivity index (χ2n) is 6.53. The minimum absolute atomic E-state index is 0.0611. The third kappa shape index (κ3) is 3.35. The van der Waals surface area contributed by atoms with Crippen molar-refractivity contribution >= 4 is 33.3 Å². The molecule has 0 saturated carbocycles. The Balaban J connectivity index is 1.37. The summed E-state index contributed by atoms with van der Waals surface area (Å²) in [5.74, 6) is 1.40. The largest absolute Gasteiger partial charge is 0.474 e. The number of benzene rings is 1. The molecule has 0 spiro atoms. The lowest BCUT2D eigenvalue weighted by Crippen LogP contribution is -2.33. The predicted octanol–water partition coefficient (Wildman–Crippen LogP) is 3.04. The SMILES string of the molecule is c1cnc2n[nH]c(Nc3ccc4c(OCC5COCCO5)nccc4c3)c2c1. The number of ether oxygens (including phenoxy) is 3. The zero-order valence-electron chi connectivity index (χ0n) is 15.1. The topological polar surface area (TPSA) is 94.2 Å². The first-order chi connectivity index (χ1) is 13.9. The van der Waals surface area contributed by atoms with Gasteiger partial charge in [-0.05, 0) is 41.8 Å². The zero-order valence-corrected chi connectivity index (χ0v) is 15.1. The molecule has 0 amide bonds. The summed E-state index contributed by atoms with van der Waals surface area (Å²) < 4.78 is 16.9. The van der Waals surface area contributed by atoms with Gasteiger partial charge in [0, 0.05) is 23.5 Å². The molecule has 1 saturated heterocycles. The van der Waals surface area contributed by atoms with Gasteiger partial charge in [0.1, 0.15) is 18.5 Å². The van der Waals surface area contributed by atoms with E-state index in [2.05, 4.69) is 25.5 Å². The molecule has 0 bridgehead atoms. The molecule has 1 aliphatic heterocycles. The Morgan fingerprint density at radius 3 is 3.04 bits per heavy atom. The lowest BCUT2D eigenvalue weighted by atomic mass is 10.1. The van der Waals surface area contributed by atoms with E-state index in [9.17, 15) is 0 Å². The second kappa shape index (κ2) is 7.41. The first-order valence-electron chi connectivity index (χ1n) is 9.14. The van der Waals surface area contributed by atoms with Crippen LogP contribution in [-0.4, -0.2) is 52.7 Å². The molecule has 8 heteroatoms. The Morgan fingerprint density at radius 2 is 2.11 bits per heavy atom. The molecule has 1 unspecified atom stereocenters. The van der Waals surface area contributed by atoms with Gasteiger partial charge in [-0.15, -0.1) is 0 Å². The van der Waals surface area contributed by atoms with E-state index in [1.54, 1.807) is 12.4 Å². The average Bonchev–Trinajstić information content (AvgIpc) is 3.16. The van der Waals surface area contributed by atoms with Crippen molar-refractivity contribution in [2.75, 3.05) is 31.7 Å². The van der Waals surface area contributed by atoms with E-state index >= 15 is 0 Å². The minimum Gasteiger partial charge on any atom is -0.474 e. The van der Waals surface area contributed by atoms with E-state index in [1.165, 1.54) is 0 Å². The van der Waals surface area contributed by atoms with Gasteiger partial charge in [0.05, 0.1) is 25.2 Å². The third-order valence-electron chi connectivity index (χ3n) is 4.62. The molecule has 1 fully saturated rings. The Labute approximate surface area is 160 Å². The molecule has 1 aromatic carbocycles.